The first kappa shape index (κ1) is 35.6. The van der Waals surface area contributed by atoms with Gasteiger partial charge in [0, 0.05) is 79.5 Å². The van der Waals surface area contributed by atoms with E-state index in [2.05, 4.69) is 34.9 Å². The van der Waals surface area contributed by atoms with Gasteiger partial charge in [-0.2, -0.15) is 5.10 Å². The van der Waals surface area contributed by atoms with Crippen molar-refractivity contribution in [3.05, 3.63) is 39.8 Å². The summed E-state index contributed by atoms with van der Waals surface area (Å²) in [5.74, 6) is -0.797. The molecule has 1 aromatic heterocycles. The first-order valence-electron chi connectivity index (χ1n) is 16.0. The van der Waals surface area contributed by atoms with Crippen LogP contribution < -0.4 is 10.6 Å². The zero-order valence-corrected chi connectivity index (χ0v) is 29.2. The van der Waals surface area contributed by atoms with Crippen LogP contribution in [0.3, 0.4) is 0 Å². The van der Waals surface area contributed by atoms with Crippen LogP contribution >= 0.6 is 23.2 Å². The SMILES string of the molecule is C1COCCO1.C=C(F)C(=O)N1CC2(CC(n3nc(N4CCN(CC)C[C@]4(C)COC)c(-c4c(Cl)c(Cl)cc(N)c4C=N)c3C)C2)C1. The van der Waals surface area contributed by atoms with Gasteiger partial charge in [-0.1, -0.05) is 36.7 Å². The number of hydrogen-bond donors (Lipinski definition) is 2. The largest absolute Gasteiger partial charge is 0.398 e. The Morgan fingerprint density at radius 3 is 2.36 bits per heavy atom. The standard InChI is InChI=1S/C29H38Cl2FN7O2.C4H8O2/c1-6-36-7-8-38(28(4,13-36)16-41-5)26-23(24-20(12-33)22(34)9-21(30)25(24)31)18(3)39(35-26)19-10-29(11-19)14-37(15-29)27(40)17(2)32;1-2-6-4-3-5-1/h9,12,19,33H,2,6-8,10-11,13-16,34H2,1,3-5H3;1-4H2/t28-;/m1./s1. The number of nitrogens with two attached hydrogens (primary N) is 1. The molecule has 4 aliphatic rings. The van der Waals surface area contributed by atoms with Crippen molar-refractivity contribution in [3.8, 4) is 11.1 Å². The maximum Gasteiger partial charge on any atom is 0.282 e. The number of likely N-dealkylation sites (N-methyl/N-ethyl adjacent to an activating group) is 1. The summed E-state index contributed by atoms with van der Waals surface area (Å²) in [6, 6.07) is 1.67. The fraction of sp³-hybridized carbons (Fsp3) is 0.606. The summed E-state index contributed by atoms with van der Waals surface area (Å²) in [7, 11) is 1.71. The smallest absolute Gasteiger partial charge is 0.282 e. The van der Waals surface area contributed by atoms with E-state index in [0.717, 1.165) is 82.5 Å². The minimum atomic E-state index is -0.921. The number of carbonyl (C=O) groups excluding carboxylic acids is 1. The molecule has 1 amide bonds. The molecule has 1 aromatic carbocycles. The van der Waals surface area contributed by atoms with Crippen molar-refractivity contribution >= 4 is 46.8 Å². The predicted molar refractivity (Wildman–Crippen MR) is 184 cm³/mol. The maximum atomic E-state index is 13.4. The van der Waals surface area contributed by atoms with E-state index < -0.39 is 11.7 Å². The van der Waals surface area contributed by atoms with Crippen molar-refractivity contribution in [3.63, 3.8) is 0 Å². The number of aromatic nitrogens is 2. The molecule has 11 nitrogen and oxygen atoms in total. The van der Waals surface area contributed by atoms with Crippen LogP contribution in [0.2, 0.25) is 10.0 Å². The number of methoxy groups -OCH3 is 1. The minimum absolute atomic E-state index is 0.0376. The average Bonchev–Trinajstić information content (AvgIpc) is 3.33. The van der Waals surface area contributed by atoms with Gasteiger partial charge in [0.05, 0.1) is 54.7 Å². The number of nitrogens with one attached hydrogen (secondary N) is 1. The molecule has 0 bridgehead atoms. The number of piperazine rings is 1. The van der Waals surface area contributed by atoms with Gasteiger partial charge < -0.3 is 35.2 Å². The molecule has 0 unspecified atom stereocenters. The average molecular weight is 695 g/mol. The number of rotatable bonds is 8. The highest BCUT2D eigenvalue weighted by Gasteiger charge is 2.55. The van der Waals surface area contributed by atoms with Crippen LogP contribution in [0, 0.1) is 17.7 Å². The van der Waals surface area contributed by atoms with Crippen molar-refractivity contribution in [2.75, 3.05) is 90.0 Å². The van der Waals surface area contributed by atoms with E-state index in [1.165, 1.54) is 11.1 Å². The van der Waals surface area contributed by atoms with E-state index in [1.807, 2.05) is 6.92 Å². The molecule has 4 heterocycles. The van der Waals surface area contributed by atoms with Crippen molar-refractivity contribution < 1.29 is 23.4 Å². The summed E-state index contributed by atoms with van der Waals surface area (Å²) in [6.45, 7) is 17.4. The first-order valence-corrected chi connectivity index (χ1v) is 16.8. The van der Waals surface area contributed by atoms with Gasteiger partial charge in [0.15, 0.2) is 11.6 Å². The zero-order chi connectivity index (χ0) is 34.1. The van der Waals surface area contributed by atoms with Gasteiger partial charge >= 0.3 is 0 Å². The predicted octanol–water partition coefficient (Wildman–Crippen LogP) is 4.97. The highest BCUT2D eigenvalue weighted by atomic mass is 35.5. The van der Waals surface area contributed by atoms with E-state index in [-0.39, 0.29) is 17.0 Å². The van der Waals surface area contributed by atoms with E-state index in [1.54, 1.807) is 13.2 Å². The second kappa shape index (κ2) is 14.4. The highest BCUT2D eigenvalue weighted by molar-refractivity contribution is 6.44. The number of ether oxygens (including phenoxy) is 3. The van der Waals surface area contributed by atoms with Gasteiger partial charge in [0.2, 0.25) is 0 Å². The fourth-order valence-corrected chi connectivity index (χ4v) is 7.98. The van der Waals surface area contributed by atoms with Crippen molar-refractivity contribution in [1.29, 1.82) is 5.41 Å². The summed E-state index contributed by atoms with van der Waals surface area (Å²) in [5, 5.41) is 14.1. The Morgan fingerprint density at radius 2 is 1.83 bits per heavy atom. The third-order valence-corrected chi connectivity index (χ3v) is 10.6. The molecule has 1 atom stereocenters. The molecule has 14 heteroatoms. The van der Waals surface area contributed by atoms with Crippen LogP contribution in [-0.4, -0.2) is 117 Å². The molecule has 1 spiro atoms. The minimum Gasteiger partial charge on any atom is -0.398 e. The van der Waals surface area contributed by atoms with Crippen LogP contribution in [0.4, 0.5) is 15.9 Å². The third-order valence-electron chi connectivity index (χ3n) is 9.83. The van der Waals surface area contributed by atoms with Gasteiger partial charge in [-0.25, -0.2) is 4.39 Å². The molecule has 258 valence electrons. The number of likely N-dealkylation sites (tertiary alicyclic amines) is 1. The molecule has 6 rings (SSSR count). The van der Waals surface area contributed by atoms with E-state index in [0.29, 0.717) is 46.6 Å². The molecule has 4 fully saturated rings. The molecule has 3 saturated heterocycles. The quantitative estimate of drug-likeness (QED) is 0.226. The van der Waals surface area contributed by atoms with Gasteiger partial charge in [0.1, 0.15) is 0 Å². The second-order valence-corrected chi connectivity index (χ2v) is 14.0. The summed E-state index contributed by atoms with van der Waals surface area (Å²) >= 11 is 13.4. The lowest BCUT2D eigenvalue weighted by Crippen LogP contribution is -2.64. The molecule has 0 radical (unpaired) electrons. The van der Waals surface area contributed by atoms with E-state index >= 15 is 0 Å². The van der Waals surface area contributed by atoms with Crippen LogP contribution in [0.1, 0.15) is 44.0 Å². The molecule has 1 aliphatic carbocycles. The Labute approximate surface area is 286 Å². The number of nitrogens with zero attached hydrogens (tertiary/aromatic N) is 5. The lowest BCUT2D eigenvalue weighted by atomic mass is 9.60. The molecule has 3 N–H and O–H groups in total. The number of carbonyl (C=O) groups is 1. The van der Waals surface area contributed by atoms with E-state index in [4.69, 9.17) is 53.7 Å². The molecule has 1 saturated carbocycles. The van der Waals surface area contributed by atoms with Crippen molar-refractivity contribution in [1.82, 2.24) is 19.6 Å². The normalized spacial score (nSPS) is 22.7. The summed E-state index contributed by atoms with van der Waals surface area (Å²) < 4.78 is 31.0. The monoisotopic (exact) mass is 693 g/mol. The third kappa shape index (κ3) is 6.91. The number of nitrogen functional groups attached to an aromatic ring is 1. The molecular weight excluding hydrogens is 648 g/mol. The lowest BCUT2D eigenvalue weighted by Gasteiger charge is -2.58. The summed E-state index contributed by atoms with van der Waals surface area (Å²) in [6.07, 6.45) is 2.85. The Balaban J connectivity index is 0.000000650. The number of amides is 1. The van der Waals surface area contributed by atoms with Crippen molar-refractivity contribution in [2.24, 2.45) is 5.41 Å². The lowest BCUT2D eigenvalue weighted by molar-refractivity contribution is -0.151. The van der Waals surface area contributed by atoms with Crippen LogP contribution in [0.15, 0.2) is 18.5 Å². The van der Waals surface area contributed by atoms with Gasteiger partial charge in [-0.05, 0) is 39.3 Å². The topological polar surface area (TPSA) is 122 Å². The molecule has 3 aliphatic heterocycles. The first-order chi connectivity index (χ1) is 22.4. The van der Waals surface area contributed by atoms with Gasteiger partial charge in [-0.3, -0.25) is 14.4 Å². The van der Waals surface area contributed by atoms with Gasteiger partial charge in [-0.15, -0.1) is 0 Å². The van der Waals surface area contributed by atoms with Gasteiger partial charge in [0.25, 0.3) is 5.91 Å². The second-order valence-electron chi connectivity index (χ2n) is 13.2. The summed E-state index contributed by atoms with van der Waals surface area (Å²) in [4.78, 5) is 18.2. The van der Waals surface area contributed by atoms with Crippen LogP contribution in [-0.2, 0) is 19.0 Å². The van der Waals surface area contributed by atoms with E-state index in [9.17, 15) is 9.18 Å². The number of anilines is 2. The zero-order valence-electron chi connectivity index (χ0n) is 27.7. The maximum absolute atomic E-state index is 13.4. The Bertz CT molecular complexity index is 1490. The molecular formula is C33H46Cl2FN7O4. The molecule has 47 heavy (non-hydrogen) atoms. The number of hydrogen-bond acceptors (Lipinski definition) is 9. The number of benzene rings is 1. The van der Waals surface area contributed by atoms with Crippen molar-refractivity contribution in [2.45, 2.75) is 45.2 Å². The fourth-order valence-electron chi connectivity index (χ4n) is 7.51. The Morgan fingerprint density at radius 1 is 1.19 bits per heavy atom. The highest BCUT2D eigenvalue weighted by Crippen LogP contribution is 2.56. The number of halogens is 3. The van der Waals surface area contributed by atoms with Crippen LogP contribution in [0.25, 0.3) is 11.1 Å². The Kier molecular flexibility index (Phi) is 10.9. The Hall–Kier alpha value is -2.74. The molecule has 2 aromatic rings. The van der Waals surface area contributed by atoms with Crippen LogP contribution in [0.5, 0.6) is 0 Å². The summed E-state index contributed by atoms with van der Waals surface area (Å²) in [5.41, 5.74) is 9.09.